The molecule has 0 aromatic heterocycles. The van der Waals surface area contributed by atoms with E-state index in [1.165, 1.54) is 5.56 Å². The molecular formula is C18H23ClIN3O2. The van der Waals surface area contributed by atoms with Gasteiger partial charge in [-0.2, -0.15) is 0 Å². The largest absolute Gasteiger partial charge is 0.497 e. The van der Waals surface area contributed by atoms with E-state index in [0.29, 0.717) is 23.3 Å². The molecule has 0 spiro atoms. The lowest BCUT2D eigenvalue weighted by molar-refractivity contribution is 0.414. The second-order valence-corrected chi connectivity index (χ2v) is 5.60. The normalized spacial score (nSPS) is 10.8. The summed E-state index contributed by atoms with van der Waals surface area (Å²) < 4.78 is 10.3. The molecule has 0 heterocycles. The number of nitrogens with zero attached hydrogens (tertiary/aromatic N) is 1. The van der Waals surface area contributed by atoms with Crippen molar-refractivity contribution in [3.63, 3.8) is 0 Å². The summed E-state index contributed by atoms with van der Waals surface area (Å²) in [4.78, 5) is 4.33. The molecule has 0 amide bonds. The highest BCUT2D eigenvalue weighted by molar-refractivity contribution is 14.0. The van der Waals surface area contributed by atoms with Crippen LogP contribution in [-0.4, -0.2) is 26.7 Å². The van der Waals surface area contributed by atoms with Gasteiger partial charge in [0.05, 0.1) is 19.2 Å². The van der Waals surface area contributed by atoms with Crippen molar-refractivity contribution in [1.82, 2.24) is 0 Å². The number of aryl methyl sites for hydroxylation is 1. The molecule has 0 saturated carbocycles. The van der Waals surface area contributed by atoms with Crippen LogP contribution in [0.5, 0.6) is 11.5 Å². The van der Waals surface area contributed by atoms with Gasteiger partial charge in [-0.25, -0.2) is 0 Å². The molecule has 0 saturated heterocycles. The highest BCUT2D eigenvalue weighted by Gasteiger charge is 2.02. The van der Waals surface area contributed by atoms with E-state index in [-0.39, 0.29) is 24.0 Å². The zero-order valence-electron chi connectivity index (χ0n) is 14.3. The zero-order chi connectivity index (χ0) is 17.4. The first-order valence-electron chi connectivity index (χ1n) is 7.66. The zero-order valence-corrected chi connectivity index (χ0v) is 17.4. The highest BCUT2D eigenvalue weighted by atomic mass is 127. The van der Waals surface area contributed by atoms with Crippen LogP contribution in [0.1, 0.15) is 12.0 Å². The van der Waals surface area contributed by atoms with Crippen LogP contribution in [0.15, 0.2) is 47.5 Å². The second kappa shape index (κ2) is 11.0. The van der Waals surface area contributed by atoms with Crippen LogP contribution in [0.3, 0.4) is 0 Å². The van der Waals surface area contributed by atoms with E-state index < -0.39 is 0 Å². The lowest BCUT2D eigenvalue weighted by Gasteiger charge is -2.08. The van der Waals surface area contributed by atoms with Crippen LogP contribution in [0.2, 0.25) is 5.02 Å². The number of nitrogens with one attached hydrogen (secondary N) is 1. The lowest BCUT2D eigenvalue weighted by Crippen LogP contribution is -2.22. The summed E-state index contributed by atoms with van der Waals surface area (Å²) in [5.41, 5.74) is 7.89. The third-order valence-electron chi connectivity index (χ3n) is 3.46. The molecule has 0 aliphatic rings. The molecule has 0 fully saturated rings. The Labute approximate surface area is 170 Å². The lowest BCUT2D eigenvalue weighted by atomic mass is 10.1. The number of ether oxygens (including phenoxy) is 2. The van der Waals surface area contributed by atoms with Gasteiger partial charge in [0.2, 0.25) is 0 Å². The van der Waals surface area contributed by atoms with Crippen molar-refractivity contribution in [2.45, 2.75) is 12.8 Å². The summed E-state index contributed by atoms with van der Waals surface area (Å²) >= 11 is 6.08. The Balaban J connectivity index is 0.00000312. The molecular weight excluding hydrogens is 453 g/mol. The van der Waals surface area contributed by atoms with E-state index in [2.05, 4.69) is 16.4 Å². The Kier molecular flexibility index (Phi) is 9.44. The Morgan fingerprint density at radius 3 is 2.64 bits per heavy atom. The number of benzene rings is 2. The second-order valence-electron chi connectivity index (χ2n) is 5.20. The van der Waals surface area contributed by atoms with E-state index in [9.17, 15) is 0 Å². The van der Waals surface area contributed by atoms with Crippen LogP contribution in [0, 0.1) is 0 Å². The molecule has 0 aliphatic heterocycles. The minimum Gasteiger partial charge on any atom is -0.497 e. The molecule has 2 rings (SSSR count). The Hall–Kier alpha value is -1.67. The number of halogens is 2. The molecule has 7 heteroatoms. The number of anilines is 1. The number of rotatable bonds is 7. The summed E-state index contributed by atoms with van der Waals surface area (Å²) in [6.07, 6.45) is 1.82. The molecule has 0 aliphatic carbocycles. The van der Waals surface area contributed by atoms with E-state index >= 15 is 0 Å². The first-order valence-corrected chi connectivity index (χ1v) is 8.03. The summed E-state index contributed by atoms with van der Waals surface area (Å²) in [6.45, 7) is 0.639. The van der Waals surface area contributed by atoms with Crippen molar-refractivity contribution in [2.75, 3.05) is 26.1 Å². The fourth-order valence-electron chi connectivity index (χ4n) is 2.24. The molecule has 0 unspecified atom stereocenters. The summed E-state index contributed by atoms with van der Waals surface area (Å²) in [5, 5.41) is 3.54. The van der Waals surface area contributed by atoms with Gasteiger partial charge in [-0.15, -0.1) is 24.0 Å². The van der Waals surface area contributed by atoms with Gasteiger partial charge in [0.25, 0.3) is 0 Å². The van der Waals surface area contributed by atoms with E-state index in [1.54, 1.807) is 26.4 Å². The predicted octanol–water partition coefficient (Wildman–Crippen LogP) is 4.33. The molecule has 136 valence electrons. The van der Waals surface area contributed by atoms with E-state index in [0.717, 1.165) is 24.3 Å². The van der Waals surface area contributed by atoms with Crippen molar-refractivity contribution >= 4 is 47.2 Å². The topological polar surface area (TPSA) is 68.9 Å². The van der Waals surface area contributed by atoms with Gasteiger partial charge < -0.3 is 20.5 Å². The van der Waals surface area contributed by atoms with Crippen LogP contribution >= 0.6 is 35.6 Å². The van der Waals surface area contributed by atoms with Crippen LogP contribution in [0.4, 0.5) is 5.69 Å². The van der Waals surface area contributed by atoms with Crippen LogP contribution in [-0.2, 0) is 6.42 Å². The molecule has 3 N–H and O–H groups in total. The number of guanidine groups is 1. The minimum absolute atomic E-state index is 0. The smallest absolute Gasteiger partial charge is 0.193 e. The van der Waals surface area contributed by atoms with Crippen molar-refractivity contribution in [1.29, 1.82) is 0 Å². The molecule has 0 atom stereocenters. The fraction of sp³-hybridized carbons (Fsp3) is 0.278. The van der Waals surface area contributed by atoms with Gasteiger partial charge in [-0.05, 0) is 48.7 Å². The molecule has 5 nitrogen and oxygen atoms in total. The summed E-state index contributed by atoms with van der Waals surface area (Å²) in [6, 6.07) is 13.4. The third-order valence-corrected chi connectivity index (χ3v) is 3.76. The van der Waals surface area contributed by atoms with Gasteiger partial charge in [0, 0.05) is 12.2 Å². The summed E-state index contributed by atoms with van der Waals surface area (Å²) in [7, 11) is 3.24. The maximum Gasteiger partial charge on any atom is 0.193 e. The summed E-state index contributed by atoms with van der Waals surface area (Å²) in [5.74, 6) is 1.85. The molecule has 2 aromatic carbocycles. The average Bonchev–Trinajstić information content (AvgIpc) is 2.59. The van der Waals surface area contributed by atoms with Gasteiger partial charge in [0.15, 0.2) is 5.96 Å². The number of nitrogens with two attached hydrogens (primary N) is 1. The Bertz CT molecular complexity index is 710. The van der Waals surface area contributed by atoms with E-state index in [1.807, 2.05) is 24.3 Å². The standard InChI is InChI=1S/C18H22ClN3O2.HI/c1-23-15-7-3-5-13(11-15)6-4-10-21-18(20)22-14-8-9-17(24-2)16(19)12-14;/h3,5,7-9,11-12H,4,6,10H2,1-2H3,(H3,20,21,22);1H. The molecule has 2 aromatic rings. The van der Waals surface area contributed by atoms with Gasteiger partial charge in [-0.1, -0.05) is 23.7 Å². The van der Waals surface area contributed by atoms with Crippen molar-refractivity contribution in [3.8, 4) is 11.5 Å². The first kappa shape index (κ1) is 21.4. The number of methoxy groups -OCH3 is 2. The fourth-order valence-corrected chi connectivity index (χ4v) is 2.50. The molecule has 25 heavy (non-hydrogen) atoms. The predicted molar refractivity (Wildman–Crippen MR) is 115 cm³/mol. The van der Waals surface area contributed by atoms with Crippen LogP contribution in [0.25, 0.3) is 0 Å². The number of aliphatic imine (C=N–C) groups is 1. The van der Waals surface area contributed by atoms with Crippen molar-refractivity contribution in [3.05, 3.63) is 53.1 Å². The molecule has 0 bridgehead atoms. The maximum absolute atomic E-state index is 6.08. The SMILES string of the molecule is COc1cccc(CCCN=C(N)Nc2ccc(OC)c(Cl)c2)c1.I. The minimum atomic E-state index is 0. The molecule has 0 radical (unpaired) electrons. The number of hydrogen-bond donors (Lipinski definition) is 2. The maximum atomic E-state index is 6.08. The van der Waals surface area contributed by atoms with Crippen molar-refractivity contribution in [2.24, 2.45) is 10.7 Å². The first-order chi connectivity index (χ1) is 11.6. The van der Waals surface area contributed by atoms with Gasteiger partial charge in [-0.3, -0.25) is 4.99 Å². The van der Waals surface area contributed by atoms with Gasteiger partial charge >= 0.3 is 0 Å². The average molecular weight is 476 g/mol. The Morgan fingerprint density at radius 1 is 1.16 bits per heavy atom. The van der Waals surface area contributed by atoms with Crippen molar-refractivity contribution < 1.29 is 9.47 Å². The van der Waals surface area contributed by atoms with Gasteiger partial charge in [0.1, 0.15) is 11.5 Å². The third kappa shape index (κ3) is 6.99. The van der Waals surface area contributed by atoms with E-state index in [4.69, 9.17) is 26.8 Å². The Morgan fingerprint density at radius 2 is 1.96 bits per heavy atom. The van der Waals surface area contributed by atoms with Crippen LogP contribution < -0.4 is 20.5 Å². The number of hydrogen-bond acceptors (Lipinski definition) is 3. The monoisotopic (exact) mass is 475 g/mol. The quantitative estimate of drug-likeness (QED) is 0.271. The highest BCUT2D eigenvalue weighted by Crippen LogP contribution is 2.27.